The molecular weight excluding hydrogens is 408 g/mol. The van der Waals surface area contributed by atoms with Gasteiger partial charge in [0.2, 0.25) is 0 Å². The van der Waals surface area contributed by atoms with Crippen LogP contribution in [0.2, 0.25) is 5.02 Å². The second kappa shape index (κ2) is 8.26. The maximum absolute atomic E-state index is 9.20. The minimum Gasteiger partial charge on any atom is -0.377 e. The van der Waals surface area contributed by atoms with E-state index in [1.165, 1.54) is 30.2 Å². The number of anilines is 2. The number of hydrogen-bond donors (Lipinski definition) is 4. The van der Waals surface area contributed by atoms with Crippen LogP contribution in [0.4, 0.5) is 11.4 Å². The average molecular weight is 433 g/mol. The number of nitrogens with zero attached hydrogens (tertiary/aromatic N) is 2. The Bertz CT molecular complexity index is 1100. The molecule has 3 aliphatic rings. The smallest absolute Gasteiger partial charge is 0.0991 e. The molecular formula is C24H25ClN6. The van der Waals surface area contributed by atoms with Crippen molar-refractivity contribution in [2.75, 3.05) is 17.2 Å². The first-order chi connectivity index (χ1) is 15.1. The highest BCUT2D eigenvalue weighted by molar-refractivity contribution is 6.33. The molecule has 0 spiro atoms. The molecule has 0 radical (unpaired) electrons. The molecule has 1 unspecified atom stereocenters. The lowest BCUT2D eigenvalue weighted by Gasteiger charge is -2.28. The van der Waals surface area contributed by atoms with Crippen LogP contribution in [0, 0.1) is 16.7 Å². The van der Waals surface area contributed by atoms with Crippen LogP contribution in [-0.2, 0) is 6.42 Å². The summed E-state index contributed by atoms with van der Waals surface area (Å²) >= 11 is 6.59. The van der Waals surface area contributed by atoms with E-state index in [1.54, 1.807) is 0 Å². The third kappa shape index (κ3) is 4.12. The zero-order valence-electron chi connectivity index (χ0n) is 17.2. The van der Waals surface area contributed by atoms with Crippen LogP contribution in [0.3, 0.4) is 0 Å². The van der Waals surface area contributed by atoms with Crippen molar-refractivity contribution in [3.05, 3.63) is 69.5 Å². The Balaban J connectivity index is 1.40. The molecule has 0 bridgehead atoms. The molecule has 1 atom stereocenters. The highest BCUT2D eigenvalue weighted by Crippen LogP contribution is 2.37. The largest absolute Gasteiger partial charge is 0.377 e. The number of nitrogens with one attached hydrogen (secondary N) is 4. The first-order valence-electron chi connectivity index (χ1n) is 10.8. The van der Waals surface area contributed by atoms with Gasteiger partial charge in [0, 0.05) is 35.4 Å². The van der Waals surface area contributed by atoms with Crippen molar-refractivity contribution in [2.45, 2.75) is 44.2 Å². The molecule has 0 amide bonds. The van der Waals surface area contributed by atoms with Crippen LogP contribution in [-0.4, -0.2) is 23.8 Å². The van der Waals surface area contributed by atoms with Crippen molar-refractivity contribution >= 4 is 29.2 Å². The van der Waals surface area contributed by atoms with Crippen LogP contribution in [0.15, 0.2) is 42.2 Å². The van der Waals surface area contributed by atoms with E-state index >= 15 is 0 Å². The van der Waals surface area contributed by atoms with E-state index in [9.17, 15) is 5.26 Å². The number of halogens is 1. The second-order valence-corrected chi connectivity index (χ2v) is 8.84. The number of benzene rings is 2. The minimum atomic E-state index is 0.144. The van der Waals surface area contributed by atoms with Gasteiger partial charge in [-0.2, -0.15) is 5.26 Å². The number of hydrazine groups is 1. The summed E-state index contributed by atoms with van der Waals surface area (Å²) in [4.78, 5) is 0. The number of fused-ring (bicyclic) bond motifs is 1. The highest BCUT2D eigenvalue weighted by Gasteiger charge is 2.30. The summed E-state index contributed by atoms with van der Waals surface area (Å²) in [5.41, 5.74) is 10.1. The van der Waals surface area contributed by atoms with Gasteiger partial charge in [0.25, 0.3) is 0 Å². The summed E-state index contributed by atoms with van der Waals surface area (Å²) in [6, 6.07) is 12.8. The summed E-state index contributed by atoms with van der Waals surface area (Å²) in [5, 5.41) is 26.9. The van der Waals surface area contributed by atoms with E-state index in [2.05, 4.69) is 39.4 Å². The quantitative estimate of drug-likeness (QED) is 0.486. The average Bonchev–Trinajstić information content (AvgIpc) is 3.54. The highest BCUT2D eigenvalue weighted by atomic mass is 35.5. The van der Waals surface area contributed by atoms with Gasteiger partial charge in [-0.25, -0.2) is 5.43 Å². The molecule has 0 saturated heterocycles. The Labute approximate surface area is 187 Å². The van der Waals surface area contributed by atoms with Gasteiger partial charge in [-0.3, -0.25) is 0 Å². The van der Waals surface area contributed by atoms with Gasteiger partial charge in [-0.1, -0.05) is 17.7 Å². The molecule has 4 N–H and O–H groups in total. The molecule has 2 aromatic carbocycles. The van der Waals surface area contributed by atoms with Crippen LogP contribution in [0.5, 0.6) is 0 Å². The summed E-state index contributed by atoms with van der Waals surface area (Å²) in [6.07, 6.45) is 8.99. The predicted octanol–water partition coefficient (Wildman–Crippen LogP) is 4.93. The summed E-state index contributed by atoms with van der Waals surface area (Å²) < 4.78 is 0. The van der Waals surface area contributed by atoms with Crippen molar-refractivity contribution in [3.8, 4) is 6.07 Å². The summed E-state index contributed by atoms with van der Waals surface area (Å²) in [6.45, 7) is 0.747. The molecule has 158 valence electrons. The van der Waals surface area contributed by atoms with E-state index in [4.69, 9.17) is 17.0 Å². The molecule has 1 aliphatic heterocycles. The van der Waals surface area contributed by atoms with E-state index < -0.39 is 0 Å². The molecule has 2 aromatic rings. The maximum Gasteiger partial charge on any atom is 0.0991 e. The lowest BCUT2D eigenvalue weighted by molar-refractivity contribution is 0.296. The van der Waals surface area contributed by atoms with Crippen molar-refractivity contribution in [1.82, 2.24) is 10.4 Å². The Morgan fingerprint density at radius 2 is 2.06 bits per heavy atom. The minimum absolute atomic E-state index is 0.144. The van der Waals surface area contributed by atoms with Crippen molar-refractivity contribution in [2.24, 2.45) is 0 Å². The third-order valence-electron chi connectivity index (χ3n) is 6.19. The van der Waals surface area contributed by atoms with Gasteiger partial charge in [-0.05, 0) is 67.5 Å². The maximum atomic E-state index is 9.20. The van der Waals surface area contributed by atoms with E-state index in [1.807, 2.05) is 24.3 Å². The monoisotopic (exact) mass is 432 g/mol. The van der Waals surface area contributed by atoms with E-state index in [0.29, 0.717) is 16.6 Å². The molecule has 0 aromatic heterocycles. The van der Waals surface area contributed by atoms with Crippen molar-refractivity contribution in [1.29, 1.82) is 10.7 Å². The third-order valence-corrected chi connectivity index (χ3v) is 6.51. The van der Waals surface area contributed by atoms with Gasteiger partial charge in [0.1, 0.15) is 0 Å². The molecule has 2 aliphatic carbocycles. The Hall–Kier alpha value is -3.01. The van der Waals surface area contributed by atoms with Gasteiger partial charge < -0.3 is 21.1 Å². The number of nitriles is 1. The fourth-order valence-corrected chi connectivity index (χ4v) is 4.65. The Morgan fingerprint density at radius 3 is 2.84 bits per heavy atom. The number of rotatable bonds is 6. The molecule has 5 rings (SSSR count). The molecule has 1 fully saturated rings. The standard InChI is InChI=1S/C24H25ClN6/c25-21-9-17(12-27)23(29-18-13-28-31(14-18)19-5-6-19)10-24(21)30-22-3-1-2-16-8-15(11-26)4-7-20(16)22/h4,7-10,12,14,19,22,27-30H,1-3,5-6,13H2. The Kier molecular flexibility index (Phi) is 5.31. The fourth-order valence-electron chi connectivity index (χ4n) is 4.42. The van der Waals surface area contributed by atoms with E-state index in [0.717, 1.165) is 48.4 Å². The first-order valence-corrected chi connectivity index (χ1v) is 11.2. The van der Waals surface area contributed by atoms with Crippen LogP contribution < -0.4 is 16.1 Å². The fraction of sp³-hybridized carbons (Fsp3) is 0.333. The lowest BCUT2D eigenvalue weighted by Crippen LogP contribution is -2.30. The number of aryl methyl sites for hydroxylation is 1. The topological polar surface area (TPSA) is 87.0 Å². The second-order valence-electron chi connectivity index (χ2n) is 8.43. The Morgan fingerprint density at radius 1 is 1.19 bits per heavy atom. The zero-order chi connectivity index (χ0) is 21.4. The molecule has 7 heteroatoms. The van der Waals surface area contributed by atoms with Gasteiger partial charge in [-0.15, -0.1) is 0 Å². The predicted molar refractivity (Wildman–Crippen MR) is 124 cm³/mol. The lowest BCUT2D eigenvalue weighted by atomic mass is 9.86. The molecule has 1 saturated carbocycles. The molecule has 31 heavy (non-hydrogen) atoms. The van der Waals surface area contributed by atoms with Gasteiger partial charge in [0.15, 0.2) is 0 Å². The number of hydrogen-bond acceptors (Lipinski definition) is 6. The normalized spacial score (nSPS) is 19.9. The first kappa shape index (κ1) is 19.9. The van der Waals surface area contributed by atoms with Crippen LogP contribution in [0.1, 0.15) is 54.0 Å². The molecule has 6 nitrogen and oxygen atoms in total. The SMILES string of the molecule is N#Cc1ccc2c(c1)CCCC2Nc1cc(NC2=CN(C3CC3)NC2)c(C=N)cc1Cl. The summed E-state index contributed by atoms with van der Waals surface area (Å²) in [7, 11) is 0. The van der Waals surface area contributed by atoms with Crippen LogP contribution in [0.25, 0.3) is 0 Å². The van der Waals surface area contributed by atoms with Gasteiger partial charge in [0.05, 0.1) is 34.9 Å². The van der Waals surface area contributed by atoms with Crippen molar-refractivity contribution < 1.29 is 0 Å². The van der Waals surface area contributed by atoms with Gasteiger partial charge >= 0.3 is 0 Å². The van der Waals surface area contributed by atoms with Crippen LogP contribution >= 0.6 is 11.6 Å². The van der Waals surface area contributed by atoms with Crippen molar-refractivity contribution in [3.63, 3.8) is 0 Å². The van der Waals surface area contributed by atoms with E-state index in [-0.39, 0.29) is 6.04 Å². The molecule has 1 heterocycles. The summed E-state index contributed by atoms with van der Waals surface area (Å²) in [5.74, 6) is 0. The zero-order valence-corrected chi connectivity index (χ0v) is 18.0.